The smallest absolute Gasteiger partial charge is 0.252 e. The van der Waals surface area contributed by atoms with Crippen molar-refractivity contribution in [1.29, 1.82) is 0 Å². The molecule has 90 valence electrons. The summed E-state index contributed by atoms with van der Waals surface area (Å²) < 4.78 is 0. The lowest BCUT2D eigenvalue weighted by molar-refractivity contribution is 0.460. The van der Waals surface area contributed by atoms with E-state index < -0.39 is 0 Å². The second kappa shape index (κ2) is 5.89. The zero-order chi connectivity index (χ0) is 10.7. The molecule has 1 aromatic heterocycles. The number of hydrogen-bond donors (Lipinski definition) is 2. The van der Waals surface area contributed by atoms with Crippen LogP contribution in [0.3, 0.4) is 0 Å². The standard InChI is InChI=1S/C11H17N3O.ClH/c1-8-7-10(15)14-11(12-8)13-9-5-3-2-4-6-9;/h7,9H,2-6H2,1H3,(H2,12,13,14,15);1H. The van der Waals surface area contributed by atoms with Crippen molar-refractivity contribution in [3.8, 4) is 0 Å². The Morgan fingerprint density at radius 1 is 1.38 bits per heavy atom. The molecule has 4 nitrogen and oxygen atoms in total. The van der Waals surface area contributed by atoms with Gasteiger partial charge in [-0.15, -0.1) is 12.4 Å². The highest BCUT2D eigenvalue weighted by Crippen LogP contribution is 2.19. The molecule has 0 saturated heterocycles. The Morgan fingerprint density at radius 3 is 2.69 bits per heavy atom. The summed E-state index contributed by atoms with van der Waals surface area (Å²) in [7, 11) is 0. The molecule has 0 bridgehead atoms. The minimum atomic E-state index is -0.0826. The van der Waals surface area contributed by atoms with Crippen LogP contribution in [-0.4, -0.2) is 16.0 Å². The average Bonchev–Trinajstić information content (AvgIpc) is 2.17. The van der Waals surface area contributed by atoms with E-state index in [2.05, 4.69) is 15.3 Å². The normalized spacial score (nSPS) is 16.6. The Hall–Kier alpha value is -1.03. The van der Waals surface area contributed by atoms with Crippen LogP contribution in [0.1, 0.15) is 37.8 Å². The van der Waals surface area contributed by atoms with Crippen molar-refractivity contribution in [3.63, 3.8) is 0 Å². The van der Waals surface area contributed by atoms with Gasteiger partial charge in [0.25, 0.3) is 5.56 Å². The summed E-state index contributed by atoms with van der Waals surface area (Å²) in [6.07, 6.45) is 6.23. The van der Waals surface area contributed by atoms with E-state index in [9.17, 15) is 4.79 Å². The Balaban J connectivity index is 0.00000128. The van der Waals surface area contributed by atoms with Crippen LogP contribution in [0.2, 0.25) is 0 Å². The minimum Gasteiger partial charge on any atom is -0.353 e. The van der Waals surface area contributed by atoms with Crippen LogP contribution in [0.4, 0.5) is 5.95 Å². The van der Waals surface area contributed by atoms with Crippen LogP contribution in [0, 0.1) is 6.92 Å². The van der Waals surface area contributed by atoms with Crippen LogP contribution in [0.25, 0.3) is 0 Å². The highest BCUT2D eigenvalue weighted by Gasteiger charge is 2.13. The maximum Gasteiger partial charge on any atom is 0.252 e. The number of halogens is 1. The number of anilines is 1. The molecule has 1 heterocycles. The molecule has 5 heteroatoms. The molecule has 0 spiro atoms. The maximum atomic E-state index is 11.2. The van der Waals surface area contributed by atoms with Gasteiger partial charge in [-0.3, -0.25) is 9.78 Å². The molecule has 0 unspecified atom stereocenters. The Bertz CT molecular complexity index is 385. The SMILES string of the molecule is Cc1cc(=O)[nH]c(NC2CCCCC2)n1.Cl. The lowest BCUT2D eigenvalue weighted by Gasteiger charge is -2.22. The lowest BCUT2D eigenvalue weighted by atomic mass is 9.96. The first-order valence-electron chi connectivity index (χ1n) is 5.58. The predicted molar refractivity (Wildman–Crippen MR) is 67.3 cm³/mol. The molecule has 1 aliphatic rings. The highest BCUT2D eigenvalue weighted by atomic mass is 35.5. The number of aromatic amines is 1. The van der Waals surface area contributed by atoms with Gasteiger partial charge in [-0.25, -0.2) is 4.98 Å². The van der Waals surface area contributed by atoms with Gasteiger partial charge in [0, 0.05) is 17.8 Å². The Labute approximate surface area is 101 Å². The number of nitrogens with zero attached hydrogens (tertiary/aromatic N) is 1. The third-order valence-corrected chi connectivity index (χ3v) is 2.82. The van der Waals surface area contributed by atoms with Crippen LogP contribution >= 0.6 is 12.4 Å². The molecule has 1 aliphatic carbocycles. The summed E-state index contributed by atoms with van der Waals surface area (Å²) in [5.41, 5.74) is 0.679. The van der Waals surface area contributed by atoms with E-state index in [1.807, 2.05) is 6.92 Å². The number of aryl methyl sites for hydroxylation is 1. The van der Waals surface area contributed by atoms with Gasteiger partial charge < -0.3 is 5.32 Å². The molecule has 1 saturated carbocycles. The van der Waals surface area contributed by atoms with E-state index in [1.165, 1.54) is 38.2 Å². The summed E-state index contributed by atoms with van der Waals surface area (Å²) in [6.45, 7) is 1.83. The van der Waals surface area contributed by atoms with Gasteiger partial charge in [0.2, 0.25) is 5.95 Å². The van der Waals surface area contributed by atoms with Gasteiger partial charge in [0.15, 0.2) is 0 Å². The van der Waals surface area contributed by atoms with Gasteiger partial charge in [-0.2, -0.15) is 0 Å². The van der Waals surface area contributed by atoms with Gasteiger partial charge >= 0.3 is 0 Å². The zero-order valence-electron chi connectivity index (χ0n) is 9.45. The highest BCUT2D eigenvalue weighted by molar-refractivity contribution is 5.85. The minimum absolute atomic E-state index is 0. The van der Waals surface area contributed by atoms with Crippen LogP contribution < -0.4 is 10.9 Å². The number of hydrogen-bond acceptors (Lipinski definition) is 3. The summed E-state index contributed by atoms with van der Waals surface area (Å²) >= 11 is 0. The Kier molecular flexibility index (Phi) is 4.80. The Morgan fingerprint density at radius 2 is 2.06 bits per heavy atom. The van der Waals surface area contributed by atoms with E-state index in [0.29, 0.717) is 12.0 Å². The van der Waals surface area contributed by atoms with Crippen molar-refractivity contribution in [2.75, 3.05) is 5.32 Å². The van der Waals surface area contributed by atoms with Crippen molar-refractivity contribution < 1.29 is 0 Å². The van der Waals surface area contributed by atoms with E-state index in [1.54, 1.807) is 0 Å². The average molecular weight is 244 g/mol. The first-order chi connectivity index (χ1) is 7.24. The summed E-state index contributed by atoms with van der Waals surface area (Å²) in [5.74, 6) is 0.618. The zero-order valence-corrected chi connectivity index (χ0v) is 10.3. The fourth-order valence-electron chi connectivity index (χ4n) is 2.09. The van der Waals surface area contributed by atoms with Crippen LogP contribution in [0.15, 0.2) is 10.9 Å². The first kappa shape index (κ1) is 13.0. The van der Waals surface area contributed by atoms with Crippen molar-refractivity contribution in [2.24, 2.45) is 0 Å². The number of H-pyrrole nitrogens is 1. The molecule has 16 heavy (non-hydrogen) atoms. The molecule has 2 rings (SSSR count). The van der Waals surface area contributed by atoms with Crippen molar-refractivity contribution in [1.82, 2.24) is 9.97 Å². The summed E-state index contributed by atoms with van der Waals surface area (Å²) in [4.78, 5) is 18.2. The van der Waals surface area contributed by atoms with E-state index in [-0.39, 0.29) is 18.0 Å². The fraction of sp³-hybridized carbons (Fsp3) is 0.636. The second-order valence-corrected chi connectivity index (χ2v) is 4.21. The lowest BCUT2D eigenvalue weighted by Crippen LogP contribution is -2.25. The van der Waals surface area contributed by atoms with Crippen molar-refractivity contribution in [3.05, 3.63) is 22.1 Å². The molecule has 0 aliphatic heterocycles. The molecular weight excluding hydrogens is 226 g/mol. The van der Waals surface area contributed by atoms with Crippen LogP contribution in [0.5, 0.6) is 0 Å². The van der Waals surface area contributed by atoms with E-state index in [0.717, 1.165) is 5.69 Å². The molecule has 2 N–H and O–H groups in total. The second-order valence-electron chi connectivity index (χ2n) is 4.21. The third-order valence-electron chi connectivity index (χ3n) is 2.82. The van der Waals surface area contributed by atoms with Gasteiger partial charge in [-0.05, 0) is 19.8 Å². The number of rotatable bonds is 2. The van der Waals surface area contributed by atoms with E-state index >= 15 is 0 Å². The fourth-order valence-corrected chi connectivity index (χ4v) is 2.09. The molecular formula is C11H18ClN3O. The van der Waals surface area contributed by atoms with Gasteiger partial charge in [0.05, 0.1) is 0 Å². The molecule has 0 aromatic carbocycles. The quantitative estimate of drug-likeness (QED) is 0.838. The number of aromatic nitrogens is 2. The molecule has 1 fully saturated rings. The molecule has 0 amide bonds. The molecule has 0 atom stereocenters. The molecule has 0 radical (unpaired) electrons. The van der Waals surface area contributed by atoms with E-state index in [4.69, 9.17) is 0 Å². The third kappa shape index (κ3) is 3.52. The topological polar surface area (TPSA) is 57.8 Å². The first-order valence-corrected chi connectivity index (χ1v) is 5.58. The van der Waals surface area contributed by atoms with Gasteiger partial charge in [0.1, 0.15) is 0 Å². The summed E-state index contributed by atoms with van der Waals surface area (Å²) in [5, 5.41) is 3.30. The molecule has 1 aromatic rings. The monoisotopic (exact) mass is 243 g/mol. The van der Waals surface area contributed by atoms with Crippen LogP contribution in [-0.2, 0) is 0 Å². The maximum absolute atomic E-state index is 11.2. The largest absolute Gasteiger partial charge is 0.353 e. The number of nitrogens with one attached hydrogen (secondary N) is 2. The summed E-state index contributed by atoms with van der Waals surface area (Å²) in [6, 6.07) is 1.98. The predicted octanol–water partition coefficient (Wildman–Crippen LogP) is 2.24. The van der Waals surface area contributed by atoms with Gasteiger partial charge in [-0.1, -0.05) is 19.3 Å². The van der Waals surface area contributed by atoms with Crippen molar-refractivity contribution in [2.45, 2.75) is 45.1 Å². The van der Waals surface area contributed by atoms with Crippen molar-refractivity contribution >= 4 is 18.4 Å².